The van der Waals surface area contributed by atoms with E-state index in [1.54, 1.807) is 14.0 Å². The van der Waals surface area contributed by atoms with Crippen molar-refractivity contribution in [3.05, 3.63) is 34.4 Å². The van der Waals surface area contributed by atoms with Gasteiger partial charge in [0.05, 0.1) is 12.1 Å². The van der Waals surface area contributed by atoms with Crippen molar-refractivity contribution >= 4 is 17.6 Å². The molecule has 5 nitrogen and oxygen atoms in total. The molecule has 2 aromatic rings. The zero-order chi connectivity index (χ0) is 14.2. The number of ether oxygens (including phenoxy) is 1. The highest BCUT2D eigenvalue weighted by Crippen LogP contribution is 2.26. The summed E-state index contributed by atoms with van der Waals surface area (Å²) in [6, 6.07) is 1.15. The molecule has 2 aromatic heterocycles. The number of hydrogen-bond acceptors (Lipinski definition) is 4. The van der Waals surface area contributed by atoms with Crippen molar-refractivity contribution in [1.82, 2.24) is 14.8 Å². The molecule has 7 heteroatoms. The Morgan fingerprint density at radius 3 is 2.74 bits per heavy atom. The Hall–Kier alpha value is -1.95. The minimum absolute atomic E-state index is 0.0488. The van der Waals surface area contributed by atoms with Crippen molar-refractivity contribution in [3.63, 3.8) is 0 Å². The van der Waals surface area contributed by atoms with Crippen molar-refractivity contribution < 1.29 is 13.9 Å². The summed E-state index contributed by atoms with van der Waals surface area (Å²) in [5, 5.41) is 4.31. The summed E-state index contributed by atoms with van der Waals surface area (Å²) in [5.74, 6) is -1.13. The molecule has 0 saturated carbocycles. The van der Waals surface area contributed by atoms with Crippen molar-refractivity contribution in [3.8, 4) is 11.4 Å². The second-order valence-electron chi connectivity index (χ2n) is 3.92. The van der Waals surface area contributed by atoms with Crippen LogP contribution >= 0.6 is 11.6 Å². The number of esters is 1. The summed E-state index contributed by atoms with van der Waals surface area (Å²) in [6.07, 6.45) is 1.33. The molecule has 19 heavy (non-hydrogen) atoms. The van der Waals surface area contributed by atoms with Gasteiger partial charge in [-0.3, -0.25) is 4.68 Å². The number of aryl methyl sites for hydroxylation is 1. The second-order valence-corrected chi connectivity index (χ2v) is 4.36. The average molecular weight is 284 g/mol. The first-order valence-electron chi connectivity index (χ1n) is 5.39. The van der Waals surface area contributed by atoms with Crippen LogP contribution in [0.15, 0.2) is 12.3 Å². The molecule has 0 bridgehead atoms. The highest BCUT2D eigenvalue weighted by atomic mass is 35.5. The van der Waals surface area contributed by atoms with Crippen LogP contribution in [-0.2, 0) is 11.8 Å². The first-order valence-corrected chi connectivity index (χ1v) is 5.76. The average Bonchev–Trinajstić information content (AvgIpc) is 2.64. The first-order chi connectivity index (χ1) is 8.95. The molecule has 0 aliphatic carbocycles. The maximum absolute atomic E-state index is 13.8. The van der Waals surface area contributed by atoms with Gasteiger partial charge in [0, 0.05) is 18.8 Å². The fourth-order valence-electron chi connectivity index (χ4n) is 1.83. The van der Waals surface area contributed by atoms with Gasteiger partial charge >= 0.3 is 5.97 Å². The molecule has 0 aliphatic heterocycles. The lowest BCUT2D eigenvalue weighted by Gasteiger charge is -2.01. The quantitative estimate of drug-likeness (QED) is 0.794. The van der Waals surface area contributed by atoms with Gasteiger partial charge in [0.1, 0.15) is 17.1 Å². The summed E-state index contributed by atoms with van der Waals surface area (Å²) in [4.78, 5) is 15.5. The lowest BCUT2D eigenvalue weighted by molar-refractivity contribution is 0.0587. The third-order valence-corrected chi connectivity index (χ3v) is 2.90. The van der Waals surface area contributed by atoms with Gasteiger partial charge < -0.3 is 4.74 Å². The number of halogens is 2. The molecule has 0 unspecified atom stereocenters. The van der Waals surface area contributed by atoms with Crippen LogP contribution < -0.4 is 0 Å². The van der Waals surface area contributed by atoms with E-state index in [9.17, 15) is 9.18 Å². The van der Waals surface area contributed by atoms with Crippen molar-refractivity contribution in [1.29, 1.82) is 0 Å². The maximum atomic E-state index is 13.8. The van der Waals surface area contributed by atoms with Crippen LogP contribution in [0, 0.1) is 12.7 Å². The van der Waals surface area contributed by atoms with Gasteiger partial charge in [-0.2, -0.15) is 5.10 Å². The zero-order valence-corrected chi connectivity index (χ0v) is 11.3. The number of methoxy groups -OCH3 is 1. The smallest absolute Gasteiger partial charge is 0.356 e. The second kappa shape index (κ2) is 4.97. The Morgan fingerprint density at radius 2 is 2.16 bits per heavy atom. The maximum Gasteiger partial charge on any atom is 0.356 e. The predicted molar refractivity (Wildman–Crippen MR) is 67.5 cm³/mol. The Balaban J connectivity index is 2.61. The number of carbonyl (C=O) groups is 1. The normalized spacial score (nSPS) is 10.6. The zero-order valence-electron chi connectivity index (χ0n) is 10.6. The molecular weight excluding hydrogens is 273 g/mol. The predicted octanol–water partition coefficient (Wildman–Crippen LogP) is 2.37. The third kappa shape index (κ3) is 2.31. The molecule has 0 aliphatic rings. The van der Waals surface area contributed by atoms with E-state index in [0.29, 0.717) is 5.56 Å². The van der Waals surface area contributed by atoms with Crippen molar-refractivity contribution in [2.24, 2.45) is 7.05 Å². The van der Waals surface area contributed by atoms with E-state index >= 15 is 0 Å². The van der Waals surface area contributed by atoms with E-state index < -0.39 is 11.8 Å². The lowest BCUT2D eigenvalue weighted by atomic mass is 10.1. The Labute approximate surface area is 114 Å². The first kappa shape index (κ1) is 13.5. The Bertz CT molecular complexity index is 655. The summed E-state index contributed by atoms with van der Waals surface area (Å²) in [7, 11) is 2.85. The van der Waals surface area contributed by atoms with Crippen molar-refractivity contribution in [2.45, 2.75) is 6.92 Å². The number of rotatable bonds is 2. The minimum Gasteiger partial charge on any atom is -0.464 e. The minimum atomic E-state index is -0.592. The van der Waals surface area contributed by atoms with E-state index in [0.717, 1.165) is 6.07 Å². The van der Waals surface area contributed by atoms with E-state index in [-0.39, 0.29) is 22.1 Å². The van der Waals surface area contributed by atoms with Crippen molar-refractivity contribution in [2.75, 3.05) is 7.11 Å². The molecule has 0 saturated heterocycles. The van der Waals surface area contributed by atoms with Crippen LogP contribution in [0.4, 0.5) is 4.39 Å². The molecule has 0 fully saturated rings. The van der Waals surface area contributed by atoms with Gasteiger partial charge in [0.15, 0.2) is 5.82 Å². The monoisotopic (exact) mass is 283 g/mol. The summed E-state index contributed by atoms with van der Waals surface area (Å²) in [6.45, 7) is 1.66. The van der Waals surface area contributed by atoms with E-state index in [4.69, 9.17) is 11.6 Å². The Morgan fingerprint density at radius 1 is 1.47 bits per heavy atom. The van der Waals surface area contributed by atoms with Crippen LogP contribution in [0.1, 0.15) is 16.1 Å². The molecule has 2 rings (SSSR count). The van der Waals surface area contributed by atoms with E-state index in [2.05, 4.69) is 14.8 Å². The fraction of sp³-hybridized carbons (Fsp3) is 0.250. The number of nitrogens with zero attached hydrogens (tertiary/aromatic N) is 3. The van der Waals surface area contributed by atoms with E-state index in [1.165, 1.54) is 18.0 Å². The third-order valence-electron chi connectivity index (χ3n) is 2.69. The highest BCUT2D eigenvalue weighted by molar-refractivity contribution is 6.30. The molecule has 0 atom stereocenters. The van der Waals surface area contributed by atoms with Gasteiger partial charge in [-0.1, -0.05) is 11.6 Å². The summed E-state index contributed by atoms with van der Waals surface area (Å²) < 4.78 is 19.8. The van der Waals surface area contributed by atoms with Crippen LogP contribution in [-0.4, -0.2) is 27.8 Å². The molecule has 0 radical (unpaired) electrons. The van der Waals surface area contributed by atoms with Gasteiger partial charge in [0.25, 0.3) is 0 Å². The Kier molecular flexibility index (Phi) is 3.53. The molecule has 0 aromatic carbocycles. The molecule has 100 valence electrons. The van der Waals surface area contributed by atoms with Gasteiger partial charge in [-0.15, -0.1) is 0 Å². The molecular formula is C12H11ClFN3O2. The number of hydrogen-bond donors (Lipinski definition) is 0. The standard InChI is InChI=1S/C12H11ClFN3O2/c1-6-9(10-8(14)4-7(13)5-15-10)16-17(2)11(6)12(18)19-3/h4-5H,1-3H3. The highest BCUT2D eigenvalue weighted by Gasteiger charge is 2.22. The SMILES string of the molecule is COC(=O)c1c(C)c(-c2ncc(Cl)cc2F)nn1C. The summed E-state index contributed by atoms with van der Waals surface area (Å²) in [5.41, 5.74) is 1.10. The largest absolute Gasteiger partial charge is 0.464 e. The lowest BCUT2D eigenvalue weighted by Crippen LogP contribution is -2.09. The van der Waals surface area contributed by atoms with Crippen LogP contribution in [0.5, 0.6) is 0 Å². The van der Waals surface area contributed by atoms with Gasteiger partial charge in [-0.05, 0) is 13.0 Å². The van der Waals surface area contributed by atoms with Crippen LogP contribution in [0.2, 0.25) is 5.02 Å². The molecule has 0 amide bonds. The van der Waals surface area contributed by atoms with Gasteiger partial charge in [-0.25, -0.2) is 14.2 Å². The van der Waals surface area contributed by atoms with Crippen LogP contribution in [0.25, 0.3) is 11.4 Å². The summed E-state index contributed by atoms with van der Waals surface area (Å²) >= 11 is 5.65. The topological polar surface area (TPSA) is 57.0 Å². The molecule has 0 spiro atoms. The molecule has 2 heterocycles. The number of pyridine rings is 1. The fourth-order valence-corrected chi connectivity index (χ4v) is 1.97. The number of carbonyl (C=O) groups excluding carboxylic acids is 1. The number of aromatic nitrogens is 3. The van der Waals surface area contributed by atoms with E-state index in [1.807, 2.05) is 0 Å². The molecule has 0 N–H and O–H groups in total. The van der Waals surface area contributed by atoms with Gasteiger partial charge in [0.2, 0.25) is 0 Å². The van der Waals surface area contributed by atoms with Crippen LogP contribution in [0.3, 0.4) is 0 Å².